The topological polar surface area (TPSA) is 91.9 Å². The van der Waals surface area contributed by atoms with Crippen LogP contribution in [0.4, 0.5) is 0 Å². The summed E-state index contributed by atoms with van der Waals surface area (Å²) in [6, 6.07) is 6.96. The summed E-state index contributed by atoms with van der Waals surface area (Å²) in [5.41, 5.74) is 1.53. The number of furan rings is 1. The third kappa shape index (κ3) is 3.57. The number of aliphatic hydroxyl groups is 1. The number of methoxy groups -OCH3 is 1. The van der Waals surface area contributed by atoms with Crippen LogP contribution in [0.2, 0.25) is 0 Å². The molecule has 1 atom stereocenters. The summed E-state index contributed by atoms with van der Waals surface area (Å²) in [5, 5.41) is 22.2. The first-order valence-electron chi connectivity index (χ1n) is 6.23. The van der Waals surface area contributed by atoms with E-state index in [1.807, 2.05) is 12.1 Å². The number of ether oxygens (including phenoxy) is 1. The fraction of sp³-hybridized carbons (Fsp3) is 0.357. The molecule has 0 fully saturated rings. The summed E-state index contributed by atoms with van der Waals surface area (Å²) in [6.45, 7) is 1.29. The lowest BCUT2D eigenvalue weighted by atomic mass is 10.1. The first-order valence-corrected chi connectivity index (χ1v) is 6.23. The molecule has 0 radical (unpaired) electrons. The second kappa shape index (κ2) is 6.51. The number of carboxylic acid groups (broad SMARTS) is 1. The third-order valence-electron chi connectivity index (χ3n) is 2.86. The van der Waals surface area contributed by atoms with Crippen molar-refractivity contribution in [3.8, 4) is 0 Å². The van der Waals surface area contributed by atoms with Crippen molar-refractivity contribution in [2.24, 2.45) is 0 Å². The maximum atomic E-state index is 10.8. The second-order valence-corrected chi connectivity index (χ2v) is 4.53. The van der Waals surface area contributed by atoms with Crippen LogP contribution < -0.4 is 5.32 Å². The zero-order valence-electron chi connectivity index (χ0n) is 11.1. The van der Waals surface area contributed by atoms with Gasteiger partial charge in [0.15, 0.2) is 0 Å². The molecule has 0 aliphatic rings. The summed E-state index contributed by atoms with van der Waals surface area (Å²) >= 11 is 0. The molecular weight excluding hydrogens is 262 g/mol. The molecule has 1 aromatic heterocycles. The van der Waals surface area contributed by atoms with Gasteiger partial charge in [-0.15, -0.1) is 0 Å². The van der Waals surface area contributed by atoms with Crippen molar-refractivity contribution in [2.45, 2.75) is 12.6 Å². The Bertz CT molecular complexity index is 592. The molecular formula is C14H17NO5. The van der Waals surface area contributed by atoms with Crippen molar-refractivity contribution in [1.82, 2.24) is 5.32 Å². The Kier molecular flexibility index (Phi) is 4.73. The van der Waals surface area contributed by atoms with Gasteiger partial charge in [0, 0.05) is 25.6 Å². The number of fused-ring (bicyclic) bond motifs is 1. The first kappa shape index (κ1) is 14.5. The number of benzene rings is 1. The molecule has 2 aromatic rings. The monoisotopic (exact) mass is 279 g/mol. The summed E-state index contributed by atoms with van der Waals surface area (Å²) in [7, 11) is 1.54. The van der Waals surface area contributed by atoms with Crippen molar-refractivity contribution in [3.05, 3.63) is 35.6 Å². The Labute approximate surface area is 116 Å². The molecule has 20 heavy (non-hydrogen) atoms. The molecule has 0 saturated heterocycles. The summed E-state index contributed by atoms with van der Waals surface area (Å²) in [5.74, 6) is -1.15. The van der Waals surface area contributed by atoms with Gasteiger partial charge in [-0.05, 0) is 23.8 Å². The Morgan fingerprint density at radius 1 is 1.45 bits per heavy atom. The maximum Gasteiger partial charge on any atom is 0.371 e. The molecule has 6 heteroatoms. The van der Waals surface area contributed by atoms with Crippen LogP contribution in [0, 0.1) is 0 Å². The number of nitrogens with one attached hydrogen (secondary N) is 1. The van der Waals surface area contributed by atoms with E-state index in [0.29, 0.717) is 18.7 Å². The van der Waals surface area contributed by atoms with Gasteiger partial charge in [-0.25, -0.2) is 4.79 Å². The summed E-state index contributed by atoms with van der Waals surface area (Å²) < 4.78 is 10.0. The number of aliphatic hydroxyl groups excluding tert-OH is 1. The van der Waals surface area contributed by atoms with Crippen LogP contribution >= 0.6 is 0 Å². The van der Waals surface area contributed by atoms with Crippen LogP contribution in [0.1, 0.15) is 16.1 Å². The van der Waals surface area contributed by atoms with Gasteiger partial charge < -0.3 is 24.7 Å². The number of aromatic carboxylic acids is 1. The van der Waals surface area contributed by atoms with E-state index < -0.39 is 12.1 Å². The molecule has 2 rings (SSSR count). The minimum absolute atomic E-state index is 0.0689. The van der Waals surface area contributed by atoms with Crippen molar-refractivity contribution < 1.29 is 24.2 Å². The van der Waals surface area contributed by atoms with Crippen molar-refractivity contribution in [3.63, 3.8) is 0 Å². The van der Waals surface area contributed by atoms with E-state index in [9.17, 15) is 9.90 Å². The zero-order valence-corrected chi connectivity index (χ0v) is 11.1. The van der Waals surface area contributed by atoms with E-state index in [1.165, 1.54) is 13.2 Å². The van der Waals surface area contributed by atoms with Crippen LogP contribution in [0.25, 0.3) is 11.0 Å². The van der Waals surface area contributed by atoms with Gasteiger partial charge in [0.2, 0.25) is 5.76 Å². The quantitative estimate of drug-likeness (QED) is 0.706. The van der Waals surface area contributed by atoms with Crippen molar-refractivity contribution in [2.75, 3.05) is 20.3 Å². The molecule has 1 aromatic carbocycles. The highest BCUT2D eigenvalue weighted by Gasteiger charge is 2.10. The molecule has 0 aliphatic heterocycles. The average Bonchev–Trinajstić information content (AvgIpc) is 2.82. The number of carbonyl (C=O) groups is 1. The number of hydrogen-bond acceptors (Lipinski definition) is 5. The molecule has 0 saturated carbocycles. The van der Waals surface area contributed by atoms with Gasteiger partial charge >= 0.3 is 5.97 Å². The largest absolute Gasteiger partial charge is 0.475 e. The third-order valence-corrected chi connectivity index (χ3v) is 2.86. The molecule has 0 bridgehead atoms. The normalized spacial score (nSPS) is 12.7. The Morgan fingerprint density at radius 3 is 2.95 bits per heavy atom. The van der Waals surface area contributed by atoms with Crippen LogP contribution in [0.5, 0.6) is 0 Å². The van der Waals surface area contributed by atoms with E-state index in [-0.39, 0.29) is 12.4 Å². The van der Waals surface area contributed by atoms with Gasteiger partial charge in [0.1, 0.15) is 5.58 Å². The van der Waals surface area contributed by atoms with Gasteiger partial charge in [-0.2, -0.15) is 0 Å². The Balaban J connectivity index is 1.99. The second-order valence-electron chi connectivity index (χ2n) is 4.53. The van der Waals surface area contributed by atoms with Crippen LogP contribution in [-0.4, -0.2) is 42.5 Å². The first-order chi connectivity index (χ1) is 9.60. The molecule has 1 unspecified atom stereocenters. The summed E-state index contributed by atoms with van der Waals surface area (Å²) in [6.07, 6.45) is -0.545. The highest BCUT2D eigenvalue weighted by Crippen LogP contribution is 2.20. The van der Waals surface area contributed by atoms with Gasteiger partial charge in [0.25, 0.3) is 0 Å². The molecule has 1 heterocycles. The van der Waals surface area contributed by atoms with Crippen molar-refractivity contribution >= 4 is 16.9 Å². The molecule has 0 spiro atoms. The predicted octanol–water partition coefficient (Wildman–Crippen LogP) is 1.23. The number of rotatable bonds is 7. The molecule has 3 N–H and O–H groups in total. The summed E-state index contributed by atoms with van der Waals surface area (Å²) in [4.78, 5) is 10.8. The smallest absolute Gasteiger partial charge is 0.371 e. The Hall–Kier alpha value is -1.89. The van der Waals surface area contributed by atoms with Gasteiger partial charge in [0.05, 0.1) is 12.7 Å². The Morgan fingerprint density at radius 2 is 2.25 bits per heavy atom. The predicted molar refractivity (Wildman–Crippen MR) is 72.8 cm³/mol. The average molecular weight is 279 g/mol. The highest BCUT2D eigenvalue weighted by molar-refractivity contribution is 5.91. The standard InChI is InChI=1S/C14H17NO5/c1-19-8-11(16)7-15-6-9-2-3-12-10(4-9)5-13(20-12)14(17)18/h2-5,11,15-16H,6-8H2,1H3,(H,17,18). The lowest BCUT2D eigenvalue weighted by Gasteiger charge is -2.10. The molecule has 6 nitrogen and oxygen atoms in total. The van der Waals surface area contributed by atoms with E-state index >= 15 is 0 Å². The van der Waals surface area contributed by atoms with Crippen LogP contribution in [-0.2, 0) is 11.3 Å². The molecule has 108 valence electrons. The fourth-order valence-corrected chi connectivity index (χ4v) is 1.94. The van der Waals surface area contributed by atoms with Crippen LogP contribution in [0.15, 0.2) is 28.7 Å². The zero-order chi connectivity index (χ0) is 14.5. The SMILES string of the molecule is COCC(O)CNCc1ccc2oc(C(=O)O)cc2c1. The molecule has 0 aliphatic carbocycles. The highest BCUT2D eigenvalue weighted by atomic mass is 16.5. The fourth-order valence-electron chi connectivity index (χ4n) is 1.94. The maximum absolute atomic E-state index is 10.8. The minimum Gasteiger partial charge on any atom is -0.475 e. The lowest BCUT2D eigenvalue weighted by Crippen LogP contribution is -2.29. The van der Waals surface area contributed by atoms with E-state index in [0.717, 1.165) is 10.9 Å². The van der Waals surface area contributed by atoms with E-state index in [4.69, 9.17) is 14.3 Å². The van der Waals surface area contributed by atoms with Gasteiger partial charge in [-0.3, -0.25) is 0 Å². The molecule has 0 amide bonds. The van der Waals surface area contributed by atoms with Crippen molar-refractivity contribution in [1.29, 1.82) is 0 Å². The van der Waals surface area contributed by atoms with Crippen LogP contribution in [0.3, 0.4) is 0 Å². The van der Waals surface area contributed by atoms with Gasteiger partial charge in [-0.1, -0.05) is 6.07 Å². The number of hydrogen-bond donors (Lipinski definition) is 3. The minimum atomic E-state index is -1.08. The number of carboxylic acids is 1. The van der Waals surface area contributed by atoms with E-state index in [1.54, 1.807) is 6.07 Å². The van der Waals surface area contributed by atoms with E-state index in [2.05, 4.69) is 5.32 Å². The lowest BCUT2D eigenvalue weighted by molar-refractivity contribution is 0.0644.